The Balaban J connectivity index is 2.49. The quantitative estimate of drug-likeness (QED) is 0.709. The number of rotatable bonds is 2. The number of carbonyl (C=O) groups is 2. The van der Waals surface area contributed by atoms with E-state index in [1.807, 2.05) is 20.8 Å². The van der Waals surface area contributed by atoms with Crippen molar-refractivity contribution >= 4 is 17.8 Å². The van der Waals surface area contributed by atoms with Crippen molar-refractivity contribution in [3.8, 4) is 0 Å². The van der Waals surface area contributed by atoms with Gasteiger partial charge < -0.3 is 15.8 Å². The van der Waals surface area contributed by atoms with Crippen LogP contribution in [-0.2, 0) is 9.53 Å². The molecular formula is C11H20N4O3. The summed E-state index contributed by atoms with van der Waals surface area (Å²) < 4.78 is 5.26. The van der Waals surface area contributed by atoms with Crippen molar-refractivity contribution in [3.05, 3.63) is 0 Å². The maximum absolute atomic E-state index is 11.8. The minimum Gasteiger partial charge on any atom is -0.444 e. The van der Waals surface area contributed by atoms with E-state index in [-0.39, 0.29) is 12.6 Å². The van der Waals surface area contributed by atoms with E-state index < -0.39 is 11.5 Å². The molecule has 0 radical (unpaired) electrons. The van der Waals surface area contributed by atoms with Gasteiger partial charge in [-0.2, -0.15) is 0 Å². The molecule has 2 amide bonds. The smallest absolute Gasteiger partial charge is 0.410 e. The lowest BCUT2D eigenvalue weighted by molar-refractivity contribution is -0.116. The Bertz CT molecular complexity index is 360. The molecule has 7 nitrogen and oxygen atoms in total. The molecule has 0 unspecified atom stereocenters. The summed E-state index contributed by atoms with van der Waals surface area (Å²) in [6.45, 7) is 6.76. The molecular weight excluding hydrogens is 236 g/mol. The molecule has 102 valence electrons. The Hall–Kier alpha value is -1.79. The van der Waals surface area contributed by atoms with Gasteiger partial charge in [-0.15, -0.1) is 0 Å². The van der Waals surface area contributed by atoms with E-state index in [4.69, 9.17) is 10.5 Å². The zero-order valence-corrected chi connectivity index (χ0v) is 11.0. The zero-order chi connectivity index (χ0) is 13.8. The normalized spacial score (nSPS) is 15.9. The Morgan fingerprint density at radius 1 is 1.50 bits per heavy atom. The molecule has 0 fully saturated rings. The summed E-state index contributed by atoms with van der Waals surface area (Å²) in [5, 5.41) is 2.79. The minimum atomic E-state index is -0.521. The maximum Gasteiger partial charge on any atom is 0.410 e. The van der Waals surface area contributed by atoms with E-state index >= 15 is 0 Å². The number of aliphatic imine (C=N–C) groups is 1. The average Bonchev–Trinajstić information content (AvgIpc) is 2.24. The second-order valence-corrected chi connectivity index (χ2v) is 5.05. The van der Waals surface area contributed by atoms with Gasteiger partial charge >= 0.3 is 6.09 Å². The van der Waals surface area contributed by atoms with E-state index in [0.29, 0.717) is 25.5 Å². The predicted octanol–water partition coefficient (Wildman–Crippen LogP) is -0.289. The topological polar surface area (TPSA) is 97.0 Å². The van der Waals surface area contributed by atoms with Gasteiger partial charge in [0.2, 0.25) is 5.91 Å². The number of amides is 2. The van der Waals surface area contributed by atoms with Gasteiger partial charge in [0.1, 0.15) is 11.4 Å². The van der Waals surface area contributed by atoms with Crippen LogP contribution in [0.4, 0.5) is 4.79 Å². The first kappa shape index (κ1) is 14.3. The fourth-order valence-electron chi connectivity index (χ4n) is 1.40. The molecule has 1 aliphatic rings. The maximum atomic E-state index is 11.8. The molecule has 1 rings (SSSR count). The monoisotopic (exact) mass is 256 g/mol. The van der Waals surface area contributed by atoms with E-state index in [1.165, 1.54) is 0 Å². The van der Waals surface area contributed by atoms with Gasteiger partial charge in [-0.05, 0) is 20.8 Å². The fraction of sp³-hybridized carbons (Fsp3) is 0.727. The first-order valence-electron chi connectivity index (χ1n) is 5.81. The van der Waals surface area contributed by atoms with Gasteiger partial charge in [0.25, 0.3) is 0 Å². The SMILES string of the molecule is CC(C)(C)OC(=O)N1CCN=C(NCC(N)=O)C1. The second-order valence-electron chi connectivity index (χ2n) is 5.05. The molecule has 3 N–H and O–H groups in total. The number of primary amides is 1. The molecule has 0 aromatic carbocycles. The fourth-order valence-corrected chi connectivity index (χ4v) is 1.40. The highest BCUT2D eigenvalue weighted by atomic mass is 16.6. The number of nitrogens with one attached hydrogen (secondary N) is 1. The van der Waals surface area contributed by atoms with E-state index in [9.17, 15) is 9.59 Å². The average molecular weight is 256 g/mol. The zero-order valence-electron chi connectivity index (χ0n) is 11.0. The molecule has 0 atom stereocenters. The Kier molecular flexibility index (Phi) is 4.52. The number of ether oxygens (including phenoxy) is 1. The summed E-state index contributed by atoms with van der Waals surface area (Å²) in [4.78, 5) is 28.2. The van der Waals surface area contributed by atoms with Crippen LogP contribution in [0.1, 0.15) is 20.8 Å². The number of nitrogens with two attached hydrogens (primary N) is 1. The number of amidine groups is 1. The summed E-state index contributed by atoms with van der Waals surface area (Å²) in [5.41, 5.74) is 4.50. The lowest BCUT2D eigenvalue weighted by Gasteiger charge is -2.29. The molecule has 0 saturated carbocycles. The number of hydrogen-bond acceptors (Lipinski definition) is 5. The van der Waals surface area contributed by atoms with Gasteiger partial charge in [0.15, 0.2) is 0 Å². The van der Waals surface area contributed by atoms with Crippen LogP contribution in [0, 0.1) is 0 Å². The van der Waals surface area contributed by atoms with E-state index in [1.54, 1.807) is 4.90 Å². The van der Waals surface area contributed by atoms with Crippen molar-refractivity contribution in [1.82, 2.24) is 10.2 Å². The van der Waals surface area contributed by atoms with Crippen molar-refractivity contribution in [2.75, 3.05) is 26.2 Å². The minimum absolute atomic E-state index is 0.0149. The van der Waals surface area contributed by atoms with Gasteiger partial charge in [-0.25, -0.2) is 4.79 Å². The molecule has 7 heteroatoms. The van der Waals surface area contributed by atoms with Crippen LogP contribution in [0.5, 0.6) is 0 Å². The number of nitrogens with zero attached hydrogens (tertiary/aromatic N) is 2. The van der Waals surface area contributed by atoms with Crippen molar-refractivity contribution in [1.29, 1.82) is 0 Å². The van der Waals surface area contributed by atoms with Crippen LogP contribution < -0.4 is 11.1 Å². The van der Waals surface area contributed by atoms with Crippen molar-refractivity contribution in [3.63, 3.8) is 0 Å². The Labute approximate surface area is 106 Å². The summed E-state index contributed by atoms with van der Waals surface area (Å²) in [5.74, 6) is 0.109. The standard InChI is InChI=1S/C11H20N4O3/c1-11(2,3)18-10(17)15-5-4-13-9(7-15)14-6-8(12)16/h4-7H2,1-3H3,(H2,12,16)(H,13,14). The number of carbonyl (C=O) groups excluding carboxylic acids is 2. The lowest BCUT2D eigenvalue weighted by atomic mass is 10.2. The largest absolute Gasteiger partial charge is 0.444 e. The third-order valence-electron chi connectivity index (χ3n) is 2.13. The van der Waals surface area contributed by atoms with Gasteiger partial charge in [-0.1, -0.05) is 0 Å². The van der Waals surface area contributed by atoms with Crippen molar-refractivity contribution < 1.29 is 14.3 Å². The van der Waals surface area contributed by atoms with Crippen LogP contribution in [0.2, 0.25) is 0 Å². The molecule has 0 aromatic heterocycles. The Morgan fingerprint density at radius 3 is 2.72 bits per heavy atom. The van der Waals surface area contributed by atoms with Crippen LogP contribution in [0.25, 0.3) is 0 Å². The number of hydrogen-bond donors (Lipinski definition) is 2. The van der Waals surface area contributed by atoms with Gasteiger partial charge in [-0.3, -0.25) is 14.7 Å². The van der Waals surface area contributed by atoms with E-state index in [2.05, 4.69) is 10.3 Å². The van der Waals surface area contributed by atoms with Crippen LogP contribution in [-0.4, -0.2) is 54.5 Å². The van der Waals surface area contributed by atoms with Gasteiger partial charge in [0.05, 0.1) is 19.6 Å². The predicted molar refractivity (Wildman–Crippen MR) is 67.3 cm³/mol. The molecule has 1 heterocycles. The van der Waals surface area contributed by atoms with Gasteiger partial charge in [0, 0.05) is 6.54 Å². The molecule has 0 spiro atoms. The summed E-state index contributed by atoms with van der Waals surface area (Å²) >= 11 is 0. The highest BCUT2D eigenvalue weighted by Crippen LogP contribution is 2.10. The third kappa shape index (κ3) is 5.03. The molecule has 0 bridgehead atoms. The first-order chi connectivity index (χ1) is 8.28. The third-order valence-corrected chi connectivity index (χ3v) is 2.13. The van der Waals surface area contributed by atoms with Crippen molar-refractivity contribution in [2.24, 2.45) is 10.7 Å². The summed E-state index contributed by atoms with van der Waals surface area (Å²) in [6, 6.07) is 0. The molecule has 1 aliphatic heterocycles. The van der Waals surface area contributed by atoms with Crippen LogP contribution in [0.3, 0.4) is 0 Å². The van der Waals surface area contributed by atoms with Crippen LogP contribution >= 0.6 is 0 Å². The second kappa shape index (κ2) is 5.70. The van der Waals surface area contributed by atoms with Crippen LogP contribution in [0.15, 0.2) is 4.99 Å². The molecule has 0 aliphatic carbocycles. The highest BCUT2D eigenvalue weighted by molar-refractivity contribution is 5.90. The first-order valence-corrected chi connectivity index (χ1v) is 5.81. The summed E-state index contributed by atoms with van der Waals surface area (Å²) in [7, 11) is 0. The summed E-state index contributed by atoms with van der Waals surface area (Å²) in [6.07, 6.45) is -0.379. The highest BCUT2D eigenvalue weighted by Gasteiger charge is 2.24. The molecule has 0 saturated heterocycles. The molecule has 0 aromatic rings. The molecule has 18 heavy (non-hydrogen) atoms. The lowest BCUT2D eigenvalue weighted by Crippen LogP contribution is -2.48. The Morgan fingerprint density at radius 2 is 2.17 bits per heavy atom. The van der Waals surface area contributed by atoms with Crippen molar-refractivity contribution in [2.45, 2.75) is 26.4 Å². The van der Waals surface area contributed by atoms with E-state index in [0.717, 1.165) is 0 Å².